The van der Waals surface area contributed by atoms with Crippen molar-refractivity contribution in [2.24, 2.45) is 5.73 Å². The van der Waals surface area contributed by atoms with Gasteiger partial charge in [0.1, 0.15) is 11.7 Å². The molecule has 0 saturated heterocycles. The monoisotopic (exact) mass is 349 g/mol. The van der Waals surface area contributed by atoms with Gasteiger partial charge in [0.05, 0.1) is 10.5 Å². The van der Waals surface area contributed by atoms with Crippen LogP contribution in [0.25, 0.3) is 0 Å². The summed E-state index contributed by atoms with van der Waals surface area (Å²) in [5, 5.41) is 13.3. The SMILES string of the molecule is C[C@H](Nc1ccc(C(F)(F)F)cc1[N+](=O)[O-])C(=O)O[C@H](C)C(N)=O. The molecule has 0 aromatic heterocycles. The van der Waals surface area contributed by atoms with Gasteiger partial charge < -0.3 is 15.8 Å². The van der Waals surface area contributed by atoms with E-state index in [1.54, 1.807) is 0 Å². The van der Waals surface area contributed by atoms with Gasteiger partial charge in [-0.25, -0.2) is 4.79 Å². The minimum absolute atomic E-state index is 0.302. The van der Waals surface area contributed by atoms with Gasteiger partial charge in [0.15, 0.2) is 6.10 Å². The van der Waals surface area contributed by atoms with Crippen molar-refractivity contribution in [3.63, 3.8) is 0 Å². The van der Waals surface area contributed by atoms with E-state index in [1.165, 1.54) is 13.8 Å². The first-order chi connectivity index (χ1) is 10.9. The molecule has 1 aromatic carbocycles. The Hall–Kier alpha value is -2.85. The van der Waals surface area contributed by atoms with E-state index >= 15 is 0 Å². The van der Waals surface area contributed by atoms with E-state index in [-0.39, 0.29) is 5.69 Å². The summed E-state index contributed by atoms with van der Waals surface area (Å²) in [7, 11) is 0. The highest BCUT2D eigenvalue weighted by Crippen LogP contribution is 2.35. The second-order valence-electron chi connectivity index (χ2n) is 4.83. The zero-order chi connectivity index (χ0) is 18.7. The highest BCUT2D eigenvalue weighted by molar-refractivity contribution is 5.85. The summed E-state index contributed by atoms with van der Waals surface area (Å²) in [5.74, 6) is -1.84. The second kappa shape index (κ2) is 7.15. The molecule has 0 aliphatic rings. The van der Waals surface area contributed by atoms with Crippen molar-refractivity contribution >= 4 is 23.3 Å². The highest BCUT2D eigenvalue weighted by atomic mass is 19.4. The number of nitro groups is 1. The first-order valence-corrected chi connectivity index (χ1v) is 6.55. The maximum atomic E-state index is 12.6. The molecule has 0 aliphatic heterocycles. The minimum Gasteiger partial charge on any atom is -0.451 e. The number of carbonyl (C=O) groups is 2. The number of nitrogens with one attached hydrogen (secondary N) is 1. The number of hydrogen-bond acceptors (Lipinski definition) is 6. The lowest BCUT2D eigenvalue weighted by atomic mass is 10.1. The number of hydrogen-bond donors (Lipinski definition) is 2. The Morgan fingerprint density at radius 1 is 1.33 bits per heavy atom. The van der Waals surface area contributed by atoms with E-state index in [0.717, 1.165) is 6.07 Å². The minimum atomic E-state index is -4.75. The molecule has 24 heavy (non-hydrogen) atoms. The molecule has 3 N–H and O–H groups in total. The molecular formula is C13H14F3N3O5. The molecule has 0 unspecified atom stereocenters. The van der Waals surface area contributed by atoms with Gasteiger partial charge in [-0.05, 0) is 26.0 Å². The van der Waals surface area contributed by atoms with Crippen LogP contribution >= 0.6 is 0 Å². The van der Waals surface area contributed by atoms with Crippen molar-refractivity contribution in [3.05, 3.63) is 33.9 Å². The van der Waals surface area contributed by atoms with Crippen molar-refractivity contribution in [2.45, 2.75) is 32.2 Å². The molecule has 0 radical (unpaired) electrons. The molecule has 11 heteroatoms. The van der Waals surface area contributed by atoms with Crippen molar-refractivity contribution < 1.29 is 32.4 Å². The van der Waals surface area contributed by atoms with Crippen LogP contribution in [0.1, 0.15) is 19.4 Å². The first kappa shape index (κ1) is 19.2. The number of rotatable bonds is 6. The largest absolute Gasteiger partial charge is 0.451 e. The number of carbonyl (C=O) groups excluding carboxylic acids is 2. The van der Waals surface area contributed by atoms with Crippen molar-refractivity contribution in [1.29, 1.82) is 0 Å². The zero-order valence-corrected chi connectivity index (χ0v) is 12.6. The Balaban J connectivity index is 3.00. The van der Waals surface area contributed by atoms with Gasteiger partial charge in [-0.2, -0.15) is 13.2 Å². The Bertz CT molecular complexity index is 663. The van der Waals surface area contributed by atoms with E-state index in [9.17, 15) is 32.9 Å². The predicted octanol–water partition coefficient (Wildman–Crippen LogP) is 1.83. The van der Waals surface area contributed by atoms with Crippen LogP contribution in [0, 0.1) is 10.1 Å². The number of ether oxygens (including phenoxy) is 1. The Morgan fingerprint density at radius 2 is 1.92 bits per heavy atom. The maximum absolute atomic E-state index is 12.6. The molecule has 8 nitrogen and oxygen atoms in total. The summed E-state index contributed by atoms with van der Waals surface area (Å²) in [6.07, 6.45) is -5.96. The number of halogens is 3. The van der Waals surface area contributed by atoms with E-state index in [0.29, 0.717) is 12.1 Å². The van der Waals surface area contributed by atoms with Crippen molar-refractivity contribution in [3.8, 4) is 0 Å². The third-order valence-corrected chi connectivity index (χ3v) is 2.94. The average molecular weight is 349 g/mol. The molecule has 1 amide bonds. The van der Waals surface area contributed by atoms with Crippen LogP contribution in [0.5, 0.6) is 0 Å². The fourth-order valence-corrected chi connectivity index (χ4v) is 1.61. The number of benzene rings is 1. The molecule has 0 fully saturated rings. The topological polar surface area (TPSA) is 125 Å². The van der Waals surface area contributed by atoms with Crippen LogP contribution in [0.3, 0.4) is 0 Å². The molecule has 1 aromatic rings. The summed E-state index contributed by atoms with van der Waals surface area (Å²) in [6.45, 7) is 2.49. The molecular weight excluding hydrogens is 335 g/mol. The van der Waals surface area contributed by atoms with Gasteiger partial charge in [0, 0.05) is 6.07 Å². The summed E-state index contributed by atoms with van der Waals surface area (Å²) < 4.78 is 42.5. The van der Waals surface area contributed by atoms with Gasteiger partial charge >= 0.3 is 12.1 Å². The van der Waals surface area contributed by atoms with E-state index < -0.39 is 46.4 Å². The summed E-state index contributed by atoms with van der Waals surface area (Å²) in [4.78, 5) is 32.5. The number of anilines is 1. The van der Waals surface area contributed by atoms with Gasteiger partial charge in [-0.3, -0.25) is 14.9 Å². The molecule has 2 atom stereocenters. The number of nitrogens with two attached hydrogens (primary N) is 1. The Labute approximate surface area is 133 Å². The van der Waals surface area contributed by atoms with Crippen LogP contribution in [-0.4, -0.2) is 28.9 Å². The number of nitrogens with zero attached hydrogens (tertiary/aromatic N) is 1. The van der Waals surface area contributed by atoms with Gasteiger partial charge in [-0.15, -0.1) is 0 Å². The highest BCUT2D eigenvalue weighted by Gasteiger charge is 2.33. The van der Waals surface area contributed by atoms with Gasteiger partial charge in [0.25, 0.3) is 11.6 Å². The van der Waals surface area contributed by atoms with Gasteiger partial charge in [0.2, 0.25) is 0 Å². The first-order valence-electron chi connectivity index (χ1n) is 6.55. The molecule has 0 aliphatic carbocycles. The number of esters is 1. The quantitative estimate of drug-likeness (QED) is 0.459. The standard InChI is InChI=1S/C13H14F3N3O5/c1-6(12(21)24-7(2)11(17)20)18-9-4-3-8(13(14,15)16)5-10(9)19(22)23/h3-7,18H,1-2H3,(H2,17,20)/t6-,7+/m0/s1. The van der Waals surface area contributed by atoms with Crippen molar-refractivity contribution in [2.75, 3.05) is 5.32 Å². The lowest BCUT2D eigenvalue weighted by Gasteiger charge is -2.17. The van der Waals surface area contributed by atoms with Crippen molar-refractivity contribution in [1.82, 2.24) is 0 Å². The lowest BCUT2D eigenvalue weighted by Crippen LogP contribution is -2.36. The van der Waals surface area contributed by atoms with E-state index in [1.807, 2.05) is 0 Å². The molecule has 132 valence electrons. The number of nitro benzene ring substituents is 1. The molecule has 0 bridgehead atoms. The molecule has 0 spiro atoms. The van der Waals surface area contributed by atoms with Crippen LogP contribution in [-0.2, 0) is 20.5 Å². The average Bonchev–Trinajstić information content (AvgIpc) is 2.45. The van der Waals surface area contributed by atoms with E-state index in [2.05, 4.69) is 5.32 Å². The van der Waals surface area contributed by atoms with Crippen LogP contribution in [0.15, 0.2) is 18.2 Å². The fraction of sp³-hybridized carbons (Fsp3) is 0.385. The molecule has 1 rings (SSSR count). The van der Waals surface area contributed by atoms with Gasteiger partial charge in [-0.1, -0.05) is 0 Å². The predicted molar refractivity (Wildman–Crippen MR) is 75.9 cm³/mol. The fourth-order valence-electron chi connectivity index (χ4n) is 1.61. The molecule has 0 heterocycles. The van der Waals surface area contributed by atoms with Crippen LogP contribution in [0.2, 0.25) is 0 Å². The second-order valence-corrected chi connectivity index (χ2v) is 4.83. The van der Waals surface area contributed by atoms with Crippen LogP contribution < -0.4 is 11.1 Å². The maximum Gasteiger partial charge on any atom is 0.416 e. The third-order valence-electron chi connectivity index (χ3n) is 2.94. The lowest BCUT2D eigenvalue weighted by molar-refractivity contribution is -0.384. The Kier molecular flexibility index (Phi) is 5.72. The number of alkyl halides is 3. The Morgan fingerprint density at radius 3 is 2.38 bits per heavy atom. The number of primary amides is 1. The molecule has 0 saturated carbocycles. The third kappa shape index (κ3) is 4.83. The summed E-state index contributed by atoms with van der Waals surface area (Å²) in [5.41, 5.74) is 2.57. The van der Waals surface area contributed by atoms with Crippen LogP contribution in [0.4, 0.5) is 24.5 Å². The number of amides is 1. The summed E-state index contributed by atoms with van der Waals surface area (Å²) in [6, 6.07) is 0.663. The summed E-state index contributed by atoms with van der Waals surface area (Å²) >= 11 is 0. The van der Waals surface area contributed by atoms with E-state index in [4.69, 9.17) is 10.5 Å². The smallest absolute Gasteiger partial charge is 0.416 e. The normalized spacial score (nSPS) is 13.7. The zero-order valence-electron chi connectivity index (χ0n) is 12.6.